The fraction of sp³-hybridized carbons (Fsp3) is 0.562. The standard InChI is InChI=1S/C16H23NO/c1-11-7-12(2)9-15(8-11)16(18)14-5-3-13(10-17)4-6-14/h3-6,11-12,15H,7-10,17H2,1-2H3. The third kappa shape index (κ3) is 2.99. The predicted molar refractivity (Wildman–Crippen MR) is 74.3 cm³/mol. The van der Waals surface area contributed by atoms with Crippen LogP contribution in [0.2, 0.25) is 0 Å². The summed E-state index contributed by atoms with van der Waals surface area (Å²) < 4.78 is 0. The molecule has 1 aliphatic carbocycles. The molecule has 0 radical (unpaired) electrons. The van der Waals surface area contributed by atoms with E-state index in [1.165, 1.54) is 6.42 Å². The maximum Gasteiger partial charge on any atom is 0.165 e. The lowest BCUT2D eigenvalue weighted by molar-refractivity contribution is 0.0836. The Kier molecular flexibility index (Phi) is 4.18. The molecule has 1 aromatic rings. The molecule has 0 aromatic heterocycles. The zero-order valence-corrected chi connectivity index (χ0v) is 11.4. The lowest BCUT2D eigenvalue weighted by atomic mass is 9.74. The largest absolute Gasteiger partial charge is 0.326 e. The lowest BCUT2D eigenvalue weighted by Crippen LogP contribution is -2.26. The van der Waals surface area contributed by atoms with Gasteiger partial charge in [-0.3, -0.25) is 4.79 Å². The number of benzene rings is 1. The van der Waals surface area contributed by atoms with Crippen molar-refractivity contribution in [3.63, 3.8) is 0 Å². The summed E-state index contributed by atoms with van der Waals surface area (Å²) >= 11 is 0. The third-order valence-corrected chi connectivity index (χ3v) is 4.02. The summed E-state index contributed by atoms with van der Waals surface area (Å²) in [5, 5.41) is 0. The topological polar surface area (TPSA) is 43.1 Å². The van der Waals surface area contributed by atoms with E-state index in [1.54, 1.807) is 0 Å². The van der Waals surface area contributed by atoms with Gasteiger partial charge in [0.05, 0.1) is 0 Å². The van der Waals surface area contributed by atoms with E-state index in [-0.39, 0.29) is 5.92 Å². The number of nitrogens with two attached hydrogens (primary N) is 1. The molecule has 1 fully saturated rings. The van der Waals surface area contributed by atoms with Crippen molar-refractivity contribution < 1.29 is 4.79 Å². The molecule has 0 heterocycles. The van der Waals surface area contributed by atoms with Gasteiger partial charge in [0.1, 0.15) is 0 Å². The molecular weight excluding hydrogens is 222 g/mol. The third-order valence-electron chi connectivity index (χ3n) is 4.02. The van der Waals surface area contributed by atoms with Gasteiger partial charge in [-0.15, -0.1) is 0 Å². The van der Waals surface area contributed by atoms with Gasteiger partial charge in [0.25, 0.3) is 0 Å². The Hall–Kier alpha value is -1.15. The van der Waals surface area contributed by atoms with Gasteiger partial charge in [-0.2, -0.15) is 0 Å². The zero-order valence-electron chi connectivity index (χ0n) is 11.4. The smallest absolute Gasteiger partial charge is 0.165 e. The molecule has 2 N–H and O–H groups in total. The van der Waals surface area contributed by atoms with Crippen LogP contribution in [0.3, 0.4) is 0 Å². The highest BCUT2D eigenvalue weighted by Crippen LogP contribution is 2.34. The maximum absolute atomic E-state index is 12.5. The first kappa shape index (κ1) is 13.3. The first-order valence-electron chi connectivity index (χ1n) is 6.93. The maximum atomic E-state index is 12.5. The molecule has 2 unspecified atom stereocenters. The molecule has 1 aliphatic rings. The fourth-order valence-corrected chi connectivity index (χ4v) is 3.20. The van der Waals surface area contributed by atoms with E-state index in [9.17, 15) is 4.79 Å². The van der Waals surface area contributed by atoms with E-state index >= 15 is 0 Å². The molecule has 98 valence electrons. The Bertz CT molecular complexity index is 400. The van der Waals surface area contributed by atoms with Gasteiger partial charge < -0.3 is 5.73 Å². The molecule has 0 aliphatic heterocycles. The van der Waals surface area contributed by atoms with Crippen LogP contribution >= 0.6 is 0 Å². The molecule has 2 rings (SSSR count). The Labute approximate surface area is 110 Å². The number of hydrogen-bond acceptors (Lipinski definition) is 2. The number of carbonyl (C=O) groups excluding carboxylic acids is 1. The number of rotatable bonds is 3. The summed E-state index contributed by atoms with van der Waals surface area (Å²) in [6.07, 6.45) is 3.35. The number of ketones is 1. The van der Waals surface area contributed by atoms with E-state index in [0.29, 0.717) is 24.2 Å². The lowest BCUT2D eigenvalue weighted by Gasteiger charge is -2.30. The van der Waals surface area contributed by atoms with Crippen molar-refractivity contribution in [1.82, 2.24) is 0 Å². The van der Waals surface area contributed by atoms with Crippen molar-refractivity contribution in [1.29, 1.82) is 0 Å². The van der Waals surface area contributed by atoms with Gasteiger partial charge in [0, 0.05) is 18.0 Å². The van der Waals surface area contributed by atoms with Crippen LogP contribution in [0.1, 0.15) is 49.0 Å². The first-order valence-corrected chi connectivity index (χ1v) is 6.93. The van der Waals surface area contributed by atoms with Crippen molar-refractivity contribution in [2.45, 2.75) is 39.7 Å². The van der Waals surface area contributed by atoms with Gasteiger partial charge in [0.15, 0.2) is 5.78 Å². The fourth-order valence-electron chi connectivity index (χ4n) is 3.20. The highest BCUT2D eigenvalue weighted by atomic mass is 16.1. The highest BCUT2D eigenvalue weighted by molar-refractivity contribution is 5.97. The highest BCUT2D eigenvalue weighted by Gasteiger charge is 2.29. The second-order valence-corrected chi connectivity index (χ2v) is 5.88. The van der Waals surface area contributed by atoms with Crippen molar-refractivity contribution >= 4 is 5.78 Å². The summed E-state index contributed by atoms with van der Waals surface area (Å²) in [7, 11) is 0. The van der Waals surface area contributed by atoms with Crippen molar-refractivity contribution in [3.8, 4) is 0 Å². The molecular formula is C16H23NO. The van der Waals surface area contributed by atoms with Crippen LogP contribution in [0.25, 0.3) is 0 Å². The first-order chi connectivity index (χ1) is 8.60. The summed E-state index contributed by atoms with van der Waals surface area (Å²) in [6.45, 7) is 5.05. The van der Waals surface area contributed by atoms with Crippen LogP contribution < -0.4 is 5.73 Å². The monoisotopic (exact) mass is 245 g/mol. The van der Waals surface area contributed by atoms with Gasteiger partial charge in [-0.05, 0) is 36.7 Å². The molecule has 1 saturated carbocycles. The zero-order chi connectivity index (χ0) is 13.1. The van der Waals surface area contributed by atoms with E-state index in [0.717, 1.165) is 24.0 Å². The molecule has 1 aromatic carbocycles. The number of carbonyl (C=O) groups is 1. The summed E-state index contributed by atoms with van der Waals surface area (Å²) in [4.78, 5) is 12.5. The second-order valence-electron chi connectivity index (χ2n) is 5.88. The minimum Gasteiger partial charge on any atom is -0.326 e. The average Bonchev–Trinajstić information content (AvgIpc) is 2.37. The molecule has 2 heteroatoms. The SMILES string of the molecule is CC1CC(C)CC(C(=O)c2ccc(CN)cc2)C1. The van der Waals surface area contributed by atoms with Crippen LogP contribution in [-0.2, 0) is 6.54 Å². The van der Waals surface area contributed by atoms with Crippen molar-refractivity contribution in [3.05, 3.63) is 35.4 Å². The molecule has 0 amide bonds. The van der Waals surface area contributed by atoms with Gasteiger partial charge in [0.2, 0.25) is 0 Å². The Balaban J connectivity index is 2.09. The Morgan fingerprint density at radius 1 is 1.11 bits per heavy atom. The number of hydrogen-bond donors (Lipinski definition) is 1. The quantitative estimate of drug-likeness (QED) is 0.829. The van der Waals surface area contributed by atoms with Gasteiger partial charge in [-0.1, -0.05) is 38.1 Å². The minimum atomic E-state index is 0.215. The van der Waals surface area contributed by atoms with Crippen molar-refractivity contribution in [2.24, 2.45) is 23.5 Å². The predicted octanol–water partition coefficient (Wildman–Crippen LogP) is 3.40. The van der Waals surface area contributed by atoms with Crippen molar-refractivity contribution in [2.75, 3.05) is 0 Å². The molecule has 0 saturated heterocycles. The average molecular weight is 245 g/mol. The van der Waals surface area contributed by atoms with E-state index in [1.807, 2.05) is 24.3 Å². The molecule has 0 bridgehead atoms. The van der Waals surface area contributed by atoms with Gasteiger partial charge >= 0.3 is 0 Å². The van der Waals surface area contributed by atoms with Gasteiger partial charge in [-0.25, -0.2) is 0 Å². The minimum absolute atomic E-state index is 0.215. The summed E-state index contributed by atoms with van der Waals surface area (Å²) in [6, 6.07) is 7.77. The molecule has 2 atom stereocenters. The van der Waals surface area contributed by atoms with E-state index in [2.05, 4.69) is 13.8 Å². The molecule has 0 spiro atoms. The van der Waals surface area contributed by atoms with Crippen LogP contribution in [0.5, 0.6) is 0 Å². The van der Waals surface area contributed by atoms with Crippen LogP contribution in [-0.4, -0.2) is 5.78 Å². The van der Waals surface area contributed by atoms with E-state index < -0.39 is 0 Å². The summed E-state index contributed by atoms with van der Waals surface area (Å²) in [5.74, 6) is 1.88. The molecule has 2 nitrogen and oxygen atoms in total. The summed E-state index contributed by atoms with van der Waals surface area (Å²) in [5.41, 5.74) is 7.50. The van der Waals surface area contributed by atoms with Crippen LogP contribution in [0, 0.1) is 17.8 Å². The molecule has 18 heavy (non-hydrogen) atoms. The second kappa shape index (κ2) is 5.66. The van der Waals surface area contributed by atoms with Crippen LogP contribution in [0.4, 0.5) is 0 Å². The Morgan fingerprint density at radius 2 is 1.67 bits per heavy atom. The Morgan fingerprint density at radius 3 is 2.17 bits per heavy atom. The van der Waals surface area contributed by atoms with E-state index in [4.69, 9.17) is 5.73 Å². The number of Topliss-reactive ketones (excluding diaryl/α,β-unsaturated/α-hetero) is 1. The van der Waals surface area contributed by atoms with Crippen LogP contribution in [0.15, 0.2) is 24.3 Å². The normalized spacial score (nSPS) is 28.1.